The number of hydrogen-bond acceptors (Lipinski definition) is 3. The first kappa shape index (κ1) is 20.0. The number of hydrogen-bond donors (Lipinski definition) is 0. The van der Waals surface area contributed by atoms with Crippen LogP contribution in [0.15, 0.2) is 42.5 Å². The molecule has 16 heavy (non-hydrogen) atoms. The molecule has 0 bridgehead atoms. The third-order valence-electron chi connectivity index (χ3n) is 1.55. The molecular formula is C12H10O3Ti. The maximum Gasteiger partial charge on any atom is 4.00 e. The monoisotopic (exact) mass is 250 g/mol. The van der Waals surface area contributed by atoms with Gasteiger partial charge in [-0.05, 0) is 0 Å². The molecule has 0 amide bonds. The topological polar surface area (TPSA) is 51.2 Å². The minimum atomic E-state index is 0. The van der Waals surface area contributed by atoms with Crippen molar-refractivity contribution in [1.82, 2.24) is 0 Å². The summed E-state index contributed by atoms with van der Waals surface area (Å²) in [4.78, 5) is 23.2. The Morgan fingerprint density at radius 1 is 0.812 bits per heavy atom. The van der Waals surface area contributed by atoms with Crippen LogP contribution in [-0.2, 0) is 36.1 Å². The molecule has 0 radical (unpaired) electrons. The first-order chi connectivity index (χ1) is 7.47. The Labute approximate surface area is 110 Å². The van der Waals surface area contributed by atoms with Crippen molar-refractivity contribution >= 4 is 31.1 Å². The standard InChI is InChI=1S/C9H7.3CHO.Ti/c1-2-5-9-7-3-6-8(9)4-1;3*1-2;/h1-7H;3*1H;/q4*-1;+4. The molecule has 80 valence electrons. The zero-order valence-corrected chi connectivity index (χ0v) is 10.1. The van der Waals surface area contributed by atoms with Crippen LogP contribution in [0.2, 0.25) is 0 Å². The van der Waals surface area contributed by atoms with Crippen LogP contribution in [0, 0.1) is 0 Å². The number of fused-ring (bicyclic) bond motifs is 1. The van der Waals surface area contributed by atoms with Gasteiger partial charge in [-0.3, -0.25) is 20.4 Å². The van der Waals surface area contributed by atoms with Gasteiger partial charge in [0.05, 0.1) is 0 Å². The molecule has 0 saturated heterocycles. The molecule has 2 aromatic carbocycles. The number of carbonyl (C=O) groups excluding carboxylic acids is 3. The van der Waals surface area contributed by atoms with Gasteiger partial charge in [0.1, 0.15) is 0 Å². The summed E-state index contributed by atoms with van der Waals surface area (Å²) in [6.45, 7) is 9.75. The van der Waals surface area contributed by atoms with Gasteiger partial charge in [-0.15, -0.1) is 29.7 Å². The molecule has 0 aliphatic carbocycles. The van der Waals surface area contributed by atoms with Crippen molar-refractivity contribution in [1.29, 1.82) is 0 Å². The van der Waals surface area contributed by atoms with E-state index in [0.717, 1.165) is 0 Å². The molecule has 3 nitrogen and oxygen atoms in total. The molecule has 0 unspecified atom stereocenters. The molecule has 0 aromatic heterocycles. The first-order valence-corrected chi connectivity index (χ1v) is 3.78. The van der Waals surface area contributed by atoms with Crippen LogP contribution in [0.3, 0.4) is 0 Å². The molecule has 0 aliphatic rings. The second kappa shape index (κ2) is 16.0. The van der Waals surface area contributed by atoms with Crippen molar-refractivity contribution in [3.8, 4) is 0 Å². The minimum absolute atomic E-state index is 0. The minimum Gasteiger partial charge on any atom is -0.545 e. The van der Waals surface area contributed by atoms with Gasteiger partial charge in [-0.25, -0.2) is 0 Å². The normalized spacial score (nSPS) is 6.50. The summed E-state index contributed by atoms with van der Waals surface area (Å²) >= 11 is 0. The van der Waals surface area contributed by atoms with Gasteiger partial charge >= 0.3 is 21.7 Å². The van der Waals surface area contributed by atoms with E-state index >= 15 is 0 Å². The fraction of sp³-hybridized carbons (Fsp3) is 0. The Morgan fingerprint density at radius 3 is 1.81 bits per heavy atom. The van der Waals surface area contributed by atoms with Crippen molar-refractivity contribution in [3.63, 3.8) is 0 Å². The van der Waals surface area contributed by atoms with E-state index < -0.39 is 0 Å². The van der Waals surface area contributed by atoms with Gasteiger partial charge in [-0.1, -0.05) is 6.07 Å². The second-order valence-electron chi connectivity index (χ2n) is 2.15. The van der Waals surface area contributed by atoms with Crippen LogP contribution >= 0.6 is 0 Å². The largest absolute Gasteiger partial charge is 4.00 e. The van der Waals surface area contributed by atoms with Crippen molar-refractivity contribution in [2.45, 2.75) is 0 Å². The Morgan fingerprint density at radius 2 is 1.31 bits per heavy atom. The van der Waals surface area contributed by atoms with Gasteiger partial charge in [-0.2, -0.15) is 17.5 Å². The predicted octanol–water partition coefficient (Wildman–Crippen LogP) is 1.73. The molecule has 2 aromatic rings. The van der Waals surface area contributed by atoms with Crippen LogP contribution < -0.4 is 0 Å². The van der Waals surface area contributed by atoms with E-state index in [9.17, 15) is 0 Å². The molecular weight excluding hydrogens is 240 g/mol. The third-order valence-corrected chi connectivity index (χ3v) is 1.55. The van der Waals surface area contributed by atoms with Crippen LogP contribution in [0.25, 0.3) is 10.8 Å². The molecule has 0 N–H and O–H groups in total. The molecule has 2 rings (SSSR count). The zero-order valence-electron chi connectivity index (χ0n) is 8.50. The van der Waals surface area contributed by atoms with E-state index in [1.54, 1.807) is 0 Å². The summed E-state index contributed by atoms with van der Waals surface area (Å²) in [5.74, 6) is 0. The smallest absolute Gasteiger partial charge is 0.545 e. The molecule has 0 saturated carbocycles. The van der Waals surface area contributed by atoms with Crippen LogP contribution in [0.1, 0.15) is 0 Å². The molecule has 0 heterocycles. The fourth-order valence-electron chi connectivity index (χ4n) is 1.07. The van der Waals surface area contributed by atoms with E-state index in [1.807, 2.05) is 0 Å². The average Bonchev–Trinajstić information content (AvgIpc) is 2.85. The summed E-state index contributed by atoms with van der Waals surface area (Å²) in [6, 6.07) is 14.7. The second-order valence-corrected chi connectivity index (χ2v) is 2.15. The van der Waals surface area contributed by atoms with Crippen molar-refractivity contribution in [3.05, 3.63) is 42.5 Å². The molecule has 0 spiro atoms. The predicted molar refractivity (Wildman–Crippen MR) is 59.8 cm³/mol. The van der Waals surface area contributed by atoms with Crippen LogP contribution in [0.4, 0.5) is 0 Å². The van der Waals surface area contributed by atoms with Crippen molar-refractivity contribution in [2.75, 3.05) is 0 Å². The summed E-state index contributed by atoms with van der Waals surface area (Å²) in [7, 11) is 0. The first-order valence-electron chi connectivity index (χ1n) is 3.78. The molecule has 0 aliphatic heterocycles. The maximum absolute atomic E-state index is 7.75. The molecule has 0 fully saturated rings. The average molecular weight is 250 g/mol. The van der Waals surface area contributed by atoms with E-state index in [2.05, 4.69) is 62.8 Å². The summed E-state index contributed by atoms with van der Waals surface area (Å²) in [6.07, 6.45) is 0. The fourth-order valence-corrected chi connectivity index (χ4v) is 1.07. The Balaban J connectivity index is -0.000000214. The summed E-state index contributed by atoms with van der Waals surface area (Å²) in [5, 5.41) is 2.66. The maximum atomic E-state index is 7.75. The third kappa shape index (κ3) is 6.93. The van der Waals surface area contributed by atoms with E-state index in [4.69, 9.17) is 14.4 Å². The number of rotatable bonds is 0. The van der Waals surface area contributed by atoms with Crippen LogP contribution in [0.5, 0.6) is 0 Å². The number of benzene rings is 1. The van der Waals surface area contributed by atoms with Crippen LogP contribution in [-0.4, -0.2) is 20.4 Å². The Hall–Kier alpha value is -1.45. The van der Waals surface area contributed by atoms with Gasteiger partial charge in [0, 0.05) is 0 Å². The van der Waals surface area contributed by atoms with Crippen molar-refractivity contribution in [2.24, 2.45) is 0 Å². The van der Waals surface area contributed by atoms with Gasteiger partial charge in [0.25, 0.3) is 0 Å². The van der Waals surface area contributed by atoms with Crippen molar-refractivity contribution < 1.29 is 36.1 Å². The van der Waals surface area contributed by atoms with Gasteiger partial charge in [0.15, 0.2) is 0 Å². The Kier molecular flexibility index (Phi) is 20.0. The van der Waals surface area contributed by atoms with E-state index in [0.29, 0.717) is 0 Å². The van der Waals surface area contributed by atoms with Gasteiger partial charge in [0.2, 0.25) is 0 Å². The van der Waals surface area contributed by atoms with E-state index in [1.165, 1.54) is 10.8 Å². The summed E-state index contributed by atoms with van der Waals surface area (Å²) < 4.78 is 0. The van der Waals surface area contributed by atoms with Gasteiger partial charge < -0.3 is 14.4 Å². The van der Waals surface area contributed by atoms with E-state index in [-0.39, 0.29) is 21.7 Å². The SMILES string of the molecule is [CH-]=O.[CH-]=O.[CH-]=O.[Ti+4].c1ccc2[cH-]ccc2c1. The quantitative estimate of drug-likeness (QED) is 0.406. The Bertz CT molecular complexity index is 325. The molecule has 0 atom stereocenters. The molecule has 4 heteroatoms. The zero-order chi connectivity index (χ0) is 12.1. The summed E-state index contributed by atoms with van der Waals surface area (Å²) in [5.41, 5.74) is 0.